The van der Waals surface area contributed by atoms with Crippen LogP contribution in [0.25, 0.3) is 10.9 Å². The maximum atomic E-state index is 14.9. The Balaban J connectivity index is 1.78. The molecule has 1 saturated carbocycles. The highest BCUT2D eigenvalue weighted by molar-refractivity contribution is 5.85. The van der Waals surface area contributed by atoms with Crippen LogP contribution in [0.1, 0.15) is 25.8 Å². The summed E-state index contributed by atoms with van der Waals surface area (Å²) in [6, 6.07) is 3.24. The molecule has 2 aliphatic rings. The minimum atomic E-state index is -0.968. The third-order valence-corrected chi connectivity index (χ3v) is 5.53. The van der Waals surface area contributed by atoms with Crippen molar-refractivity contribution in [3.63, 3.8) is 0 Å². The number of likely N-dealkylation sites (N-methyl/N-ethyl adjacent to an activating group) is 1. The highest BCUT2D eigenvalue weighted by Gasteiger charge is 2.28. The van der Waals surface area contributed by atoms with Crippen LogP contribution in [0, 0.1) is 5.82 Å². The highest BCUT2D eigenvalue weighted by atomic mass is 19.1. The minimum Gasteiger partial charge on any atom is -0.437 e. The van der Waals surface area contributed by atoms with Crippen molar-refractivity contribution in [2.24, 2.45) is 0 Å². The molecule has 2 aromatic rings. The van der Waals surface area contributed by atoms with Crippen LogP contribution < -0.4 is 15.1 Å². The number of fused-ring (bicyclic) bond motifs is 1. The van der Waals surface area contributed by atoms with Gasteiger partial charge in [0.1, 0.15) is 5.82 Å². The van der Waals surface area contributed by atoms with Crippen LogP contribution in [0.2, 0.25) is 0 Å². The van der Waals surface area contributed by atoms with Crippen LogP contribution >= 0.6 is 0 Å². The van der Waals surface area contributed by atoms with Gasteiger partial charge in [-0.25, -0.2) is 9.18 Å². The lowest BCUT2D eigenvalue weighted by Crippen LogP contribution is -2.46. The molecule has 0 atom stereocenters. The second-order valence-corrected chi connectivity index (χ2v) is 7.26. The van der Waals surface area contributed by atoms with Crippen LogP contribution in [-0.2, 0) is 4.74 Å². The van der Waals surface area contributed by atoms with Crippen molar-refractivity contribution in [1.82, 2.24) is 9.47 Å². The van der Waals surface area contributed by atoms with E-state index in [2.05, 4.69) is 16.6 Å². The molecule has 1 saturated heterocycles. The standard InChI is InChI=1S/C20H24FN3O4/c1-3-22-6-8-23(9-7-22)17-11-16-14(10-15(17)21)19(25)18(28-20(26)27-2)12-24(16)13-4-5-13/h10-13H,3-9H2,1-2H3. The Kier molecular flexibility index (Phi) is 4.97. The van der Waals surface area contributed by atoms with E-state index in [0.29, 0.717) is 11.2 Å². The van der Waals surface area contributed by atoms with Crippen molar-refractivity contribution < 1.29 is 18.7 Å². The number of benzene rings is 1. The first-order valence-electron chi connectivity index (χ1n) is 9.63. The number of aromatic nitrogens is 1. The van der Waals surface area contributed by atoms with E-state index in [4.69, 9.17) is 4.74 Å². The normalized spacial score (nSPS) is 17.8. The summed E-state index contributed by atoms with van der Waals surface area (Å²) in [4.78, 5) is 28.6. The Morgan fingerprint density at radius 3 is 2.54 bits per heavy atom. The Morgan fingerprint density at radius 1 is 1.21 bits per heavy atom. The molecule has 0 bridgehead atoms. The van der Waals surface area contributed by atoms with E-state index in [1.807, 2.05) is 9.47 Å². The molecule has 0 amide bonds. The molecule has 0 spiro atoms. The van der Waals surface area contributed by atoms with Crippen LogP contribution in [0.5, 0.6) is 5.75 Å². The molecule has 1 aromatic heterocycles. The second-order valence-electron chi connectivity index (χ2n) is 7.26. The van der Waals surface area contributed by atoms with E-state index in [1.54, 1.807) is 6.07 Å². The first-order chi connectivity index (χ1) is 13.5. The first-order valence-corrected chi connectivity index (χ1v) is 9.63. The third-order valence-electron chi connectivity index (χ3n) is 5.53. The molecule has 8 heteroatoms. The number of nitrogens with zero attached hydrogens (tertiary/aromatic N) is 3. The molecule has 4 rings (SSSR count). The lowest BCUT2D eigenvalue weighted by molar-refractivity contribution is 0.121. The van der Waals surface area contributed by atoms with Crippen LogP contribution in [0.15, 0.2) is 23.1 Å². The van der Waals surface area contributed by atoms with E-state index in [1.165, 1.54) is 19.4 Å². The van der Waals surface area contributed by atoms with Gasteiger partial charge in [0.15, 0.2) is 5.75 Å². The van der Waals surface area contributed by atoms with Crippen LogP contribution in [0.3, 0.4) is 0 Å². The Morgan fingerprint density at radius 2 is 1.93 bits per heavy atom. The van der Waals surface area contributed by atoms with Gasteiger partial charge in [0.2, 0.25) is 5.43 Å². The Labute approximate surface area is 162 Å². The SMILES string of the molecule is CCN1CCN(c2cc3c(cc2F)c(=O)c(OC(=O)OC)cn3C2CC2)CC1. The van der Waals surface area contributed by atoms with Gasteiger partial charge in [0.25, 0.3) is 0 Å². The Hall–Kier alpha value is -2.61. The molecule has 0 unspecified atom stereocenters. The zero-order chi connectivity index (χ0) is 19.8. The predicted molar refractivity (Wildman–Crippen MR) is 104 cm³/mol. The number of halogens is 1. The van der Waals surface area contributed by atoms with E-state index >= 15 is 0 Å². The maximum Gasteiger partial charge on any atom is 0.513 e. The van der Waals surface area contributed by atoms with E-state index in [0.717, 1.165) is 45.6 Å². The number of rotatable bonds is 4. The molecule has 28 heavy (non-hydrogen) atoms. The molecular weight excluding hydrogens is 365 g/mol. The molecule has 0 N–H and O–H groups in total. The number of carbonyl (C=O) groups is 1. The molecule has 0 radical (unpaired) electrons. The van der Waals surface area contributed by atoms with E-state index < -0.39 is 17.4 Å². The fourth-order valence-electron chi connectivity index (χ4n) is 3.74. The van der Waals surface area contributed by atoms with Crippen molar-refractivity contribution in [1.29, 1.82) is 0 Å². The maximum absolute atomic E-state index is 14.9. The van der Waals surface area contributed by atoms with Gasteiger partial charge in [0, 0.05) is 32.2 Å². The zero-order valence-corrected chi connectivity index (χ0v) is 16.1. The first kappa shape index (κ1) is 18.7. The van der Waals surface area contributed by atoms with Crippen molar-refractivity contribution in [3.05, 3.63) is 34.4 Å². The van der Waals surface area contributed by atoms with Crippen molar-refractivity contribution in [2.45, 2.75) is 25.8 Å². The molecule has 7 nitrogen and oxygen atoms in total. The molecule has 2 heterocycles. The highest BCUT2D eigenvalue weighted by Crippen LogP contribution is 2.39. The van der Waals surface area contributed by atoms with Gasteiger partial charge in [0.05, 0.1) is 29.9 Å². The molecule has 2 fully saturated rings. The predicted octanol–water partition coefficient (Wildman–Crippen LogP) is 2.76. The van der Waals surface area contributed by atoms with Gasteiger partial charge in [-0.1, -0.05) is 6.92 Å². The number of piperazine rings is 1. The van der Waals surface area contributed by atoms with E-state index in [-0.39, 0.29) is 17.2 Å². The number of anilines is 1. The third kappa shape index (κ3) is 3.44. The van der Waals surface area contributed by atoms with Gasteiger partial charge in [-0.15, -0.1) is 0 Å². The lowest BCUT2D eigenvalue weighted by atomic mass is 10.1. The average Bonchev–Trinajstić information content (AvgIpc) is 3.55. The molecule has 1 aromatic carbocycles. The lowest BCUT2D eigenvalue weighted by Gasteiger charge is -2.35. The smallest absolute Gasteiger partial charge is 0.437 e. The number of carbonyl (C=O) groups excluding carboxylic acids is 1. The number of hydrogen-bond donors (Lipinski definition) is 0. The minimum absolute atomic E-state index is 0.144. The average molecular weight is 389 g/mol. The summed E-state index contributed by atoms with van der Waals surface area (Å²) >= 11 is 0. The van der Waals surface area contributed by atoms with E-state index in [9.17, 15) is 14.0 Å². The topological polar surface area (TPSA) is 64.0 Å². The summed E-state index contributed by atoms with van der Waals surface area (Å²) < 4.78 is 26.3. The summed E-state index contributed by atoms with van der Waals surface area (Å²) in [7, 11) is 1.17. The fraction of sp³-hybridized carbons (Fsp3) is 0.500. The summed E-state index contributed by atoms with van der Waals surface area (Å²) in [6.07, 6.45) is 2.51. The van der Waals surface area contributed by atoms with Gasteiger partial charge < -0.3 is 23.8 Å². The molecule has 150 valence electrons. The van der Waals surface area contributed by atoms with Crippen molar-refractivity contribution >= 4 is 22.7 Å². The summed E-state index contributed by atoms with van der Waals surface area (Å²) in [5.41, 5.74) is 0.663. The largest absolute Gasteiger partial charge is 0.513 e. The van der Waals surface area contributed by atoms with Gasteiger partial charge in [-0.2, -0.15) is 0 Å². The van der Waals surface area contributed by atoms with Crippen LogP contribution in [0.4, 0.5) is 14.9 Å². The van der Waals surface area contributed by atoms with Crippen LogP contribution in [-0.4, -0.2) is 55.5 Å². The number of ether oxygens (including phenoxy) is 2. The summed E-state index contributed by atoms with van der Waals surface area (Å²) in [5.74, 6) is -0.581. The quantitative estimate of drug-likeness (QED) is 0.750. The number of hydrogen-bond acceptors (Lipinski definition) is 6. The molecule has 1 aliphatic heterocycles. The van der Waals surface area contributed by atoms with Crippen molar-refractivity contribution in [3.8, 4) is 5.75 Å². The molecule has 1 aliphatic carbocycles. The summed E-state index contributed by atoms with van der Waals surface area (Å²) in [5, 5.41) is 0.210. The van der Waals surface area contributed by atoms with Crippen molar-refractivity contribution in [2.75, 3.05) is 44.7 Å². The fourth-order valence-corrected chi connectivity index (χ4v) is 3.74. The summed E-state index contributed by atoms with van der Waals surface area (Å²) in [6.45, 7) is 6.36. The monoisotopic (exact) mass is 389 g/mol. The van der Waals surface area contributed by atoms with Gasteiger partial charge in [-0.05, 0) is 31.5 Å². The number of pyridine rings is 1. The second kappa shape index (κ2) is 7.43. The zero-order valence-electron chi connectivity index (χ0n) is 16.1. The Bertz CT molecular complexity index is 962. The van der Waals surface area contributed by atoms with Gasteiger partial charge in [-0.3, -0.25) is 4.79 Å². The number of methoxy groups -OCH3 is 1. The molecular formula is C20H24FN3O4. The van der Waals surface area contributed by atoms with Gasteiger partial charge >= 0.3 is 6.16 Å².